The van der Waals surface area contributed by atoms with E-state index in [-0.39, 0.29) is 12.1 Å². The molecule has 0 saturated heterocycles. The second kappa shape index (κ2) is 23.8. The van der Waals surface area contributed by atoms with Gasteiger partial charge in [-0.2, -0.15) is 0 Å². The van der Waals surface area contributed by atoms with Gasteiger partial charge in [-0.25, -0.2) is 0 Å². The van der Waals surface area contributed by atoms with E-state index in [1.165, 1.54) is 130 Å². The largest absolute Gasteiger partial charge is 0.310 e. The molecule has 2 heterocycles. The zero-order chi connectivity index (χ0) is 69.6. The Balaban J connectivity index is 0.918. The Morgan fingerprint density at radius 3 is 0.800 bits per heavy atom. The molecule has 0 aliphatic carbocycles. The maximum absolute atomic E-state index is 2.72. The molecule has 19 aromatic rings. The fourth-order valence-corrected chi connectivity index (χ4v) is 17.7. The molecule has 21 rings (SSSR count). The Morgan fingerprint density at radius 2 is 0.486 bits per heavy atom. The summed E-state index contributed by atoms with van der Waals surface area (Å²) in [6.45, 7) is 6.96. The number of para-hydroxylation sites is 2. The zero-order valence-corrected chi connectivity index (χ0v) is 58.6. The number of hydrogen-bond donors (Lipinski definition) is 0. The van der Waals surface area contributed by atoms with Crippen LogP contribution in [0, 0.1) is 0 Å². The van der Waals surface area contributed by atoms with Gasteiger partial charge in [-0.15, -0.1) is 0 Å². The molecule has 0 N–H and O–H groups in total. The molecule has 2 nitrogen and oxygen atoms in total. The minimum atomic E-state index is -0.324. The molecule has 0 spiro atoms. The predicted molar refractivity (Wildman–Crippen MR) is 452 cm³/mol. The molecule has 2 aliphatic heterocycles. The normalized spacial score (nSPS) is 12.7. The van der Waals surface area contributed by atoms with E-state index in [2.05, 4.69) is 395 Å². The van der Waals surface area contributed by atoms with Crippen molar-refractivity contribution in [2.24, 2.45) is 0 Å². The van der Waals surface area contributed by atoms with E-state index in [0.29, 0.717) is 0 Å². The molecular formula is C102H69BN2. The first-order valence-electron chi connectivity index (χ1n) is 36.8. The van der Waals surface area contributed by atoms with Crippen molar-refractivity contribution >= 4 is 143 Å². The van der Waals surface area contributed by atoms with E-state index in [0.717, 1.165) is 78.6 Å². The van der Waals surface area contributed by atoms with Crippen LogP contribution >= 0.6 is 0 Å². The van der Waals surface area contributed by atoms with Gasteiger partial charge in [0.2, 0.25) is 0 Å². The van der Waals surface area contributed by atoms with Crippen LogP contribution < -0.4 is 26.2 Å². The molecular weight excluding hydrogens is 1260 g/mol. The quantitative estimate of drug-likeness (QED) is 0.111. The molecule has 0 atom stereocenters. The summed E-state index contributed by atoms with van der Waals surface area (Å²) in [5, 5.41) is 19.6. The van der Waals surface area contributed by atoms with Crippen LogP contribution in [0.3, 0.4) is 0 Å². The van der Waals surface area contributed by atoms with E-state index >= 15 is 0 Å². The molecule has 3 heteroatoms. The molecule has 0 fully saturated rings. The highest BCUT2D eigenvalue weighted by atomic mass is 15.2. The standard InChI is InChI=1S/C102H69BN2/c1-102(2,3)80-62-97-99-98(63-80)105(101-87(78-50-46-72-42-38-68-26-12-16-30-83(68)91(72)58-78)34-19-35-88(101)79-51-47-73-43-39-69-27-13-17-31-84(69)92(73)59-79)96-55-53-75(65-22-8-5-9-23-65)61-94(96)103(99)93-60-74(64-20-6-4-7-21-64)52-54-95(93)104(97)100-85(76-48-44-70-40-36-66-24-10-14-28-81(66)89(70)56-76)32-18-33-86(100)77-49-45-71-41-37-67-25-11-15-29-82(67)90(71)57-77/h4-63H,1-3H3. The minimum Gasteiger partial charge on any atom is -0.310 e. The third kappa shape index (κ3) is 9.80. The molecule has 0 aromatic heterocycles. The number of rotatable bonds is 8. The Bertz CT molecular complexity index is 6170. The van der Waals surface area contributed by atoms with Crippen LogP contribution in [0.1, 0.15) is 26.3 Å². The van der Waals surface area contributed by atoms with Crippen molar-refractivity contribution < 1.29 is 0 Å². The van der Waals surface area contributed by atoms with Crippen molar-refractivity contribution in [1.82, 2.24) is 0 Å². The first kappa shape index (κ1) is 60.7. The van der Waals surface area contributed by atoms with E-state index in [1.54, 1.807) is 0 Å². The summed E-state index contributed by atoms with van der Waals surface area (Å²) in [5.41, 5.74) is 25.4. The van der Waals surface area contributed by atoms with Crippen molar-refractivity contribution in [2.75, 3.05) is 9.80 Å². The van der Waals surface area contributed by atoms with Gasteiger partial charge in [0.15, 0.2) is 0 Å². The lowest BCUT2D eigenvalue weighted by Crippen LogP contribution is -2.61. The van der Waals surface area contributed by atoms with Gasteiger partial charge in [0.05, 0.1) is 11.4 Å². The van der Waals surface area contributed by atoms with E-state index in [9.17, 15) is 0 Å². The Labute approximate surface area is 611 Å². The molecule has 105 heavy (non-hydrogen) atoms. The summed E-state index contributed by atoms with van der Waals surface area (Å²) in [5.74, 6) is 0. The molecule has 0 amide bonds. The second-order valence-corrected chi connectivity index (χ2v) is 29.9. The summed E-state index contributed by atoms with van der Waals surface area (Å²) in [7, 11) is 0. The monoisotopic (exact) mass is 1330 g/mol. The van der Waals surface area contributed by atoms with Gasteiger partial charge in [0.25, 0.3) is 6.71 Å². The maximum Gasteiger partial charge on any atom is 0.252 e. The summed E-state index contributed by atoms with van der Waals surface area (Å²) in [6, 6.07) is 139. The number of hydrogen-bond acceptors (Lipinski definition) is 2. The lowest BCUT2D eigenvalue weighted by atomic mass is 9.33. The third-order valence-corrected chi connectivity index (χ3v) is 22.9. The number of nitrogens with zero attached hydrogens (tertiary/aromatic N) is 2. The molecule has 19 aromatic carbocycles. The third-order valence-electron chi connectivity index (χ3n) is 22.9. The van der Waals surface area contributed by atoms with Gasteiger partial charge in [0, 0.05) is 45.0 Å². The van der Waals surface area contributed by atoms with E-state index in [1.807, 2.05) is 0 Å². The lowest BCUT2D eigenvalue weighted by Gasteiger charge is -2.46. The average Bonchev–Trinajstić information content (AvgIpc) is 0.686. The lowest BCUT2D eigenvalue weighted by molar-refractivity contribution is 0.590. The highest BCUT2D eigenvalue weighted by molar-refractivity contribution is 7.00. The molecule has 490 valence electrons. The molecule has 0 radical (unpaired) electrons. The Kier molecular flexibility index (Phi) is 13.7. The van der Waals surface area contributed by atoms with Gasteiger partial charge in [-0.05, 0) is 207 Å². The van der Waals surface area contributed by atoms with Crippen LogP contribution in [0.15, 0.2) is 364 Å². The van der Waals surface area contributed by atoms with Crippen LogP contribution in [-0.4, -0.2) is 6.71 Å². The summed E-state index contributed by atoms with van der Waals surface area (Å²) >= 11 is 0. The second-order valence-electron chi connectivity index (χ2n) is 29.9. The van der Waals surface area contributed by atoms with Gasteiger partial charge in [-0.3, -0.25) is 0 Å². The smallest absolute Gasteiger partial charge is 0.252 e. The Morgan fingerprint density at radius 1 is 0.210 bits per heavy atom. The number of anilines is 6. The van der Waals surface area contributed by atoms with Gasteiger partial charge in [-0.1, -0.05) is 336 Å². The van der Waals surface area contributed by atoms with Crippen molar-refractivity contribution in [1.29, 1.82) is 0 Å². The van der Waals surface area contributed by atoms with Crippen molar-refractivity contribution in [3.8, 4) is 66.8 Å². The van der Waals surface area contributed by atoms with Gasteiger partial charge in [0.1, 0.15) is 0 Å². The highest BCUT2D eigenvalue weighted by Crippen LogP contribution is 2.55. The summed E-state index contributed by atoms with van der Waals surface area (Å²) in [6.07, 6.45) is 0. The van der Waals surface area contributed by atoms with E-state index in [4.69, 9.17) is 0 Å². The predicted octanol–water partition coefficient (Wildman–Crippen LogP) is 26.3. The fourth-order valence-electron chi connectivity index (χ4n) is 17.7. The summed E-state index contributed by atoms with van der Waals surface area (Å²) < 4.78 is 0. The van der Waals surface area contributed by atoms with Gasteiger partial charge >= 0.3 is 0 Å². The Hall–Kier alpha value is -13.1. The minimum absolute atomic E-state index is 0.238. The average molecular weight is 1330 g/mol. The van der Waals surface area contributed by atoms with Crippen LogP contribution in [0.2, 0.25) is 0 Å². The maximum atomic E-state index is 2.72. The fraction of sp³-hybridized carbons (Fsp3) is 0.0392. The SMILES string of the molecule is CC(C)(C)c1cc2c3c(c1)N(c1c(-c4ccc5ccc6ccccc6c5c4)cccc1-c1ccc4ccc5ccccc5c4c1)c1ccc(-c4ccccc4)cc1B3c1cc(-c3ccccc3)ccc1N2c1c(-c2ccc3ccc4ccccc4c3c2)cccc1-c1ccc2ccc3ccccc3c2c1. The zero-order valence-electron chi connectivity index (χ0n) is 58.6. The van der Waals surface area contributed by atoms with E-state index < -0.39 is 0 Å². The molecule has 0 bridgehead atoms. The first-order chi connectivity index (χ1) is 51.7. The topological polar surface area (TPSA) is 6.48 Å². The number of fused-ring (bicyclic) bond motifs is 16. The van der Waals surface area contributed by atoms with Crippen LogP contribution in [0.4, 0.5) is 34.1 Å². The molecule has 0 unspecified atom stereocenters. The first-order valence-corrected chi connectivity index (χ1v) is 36.8. The van der Waals surface area contributed by atoms with Crippen LogP contribution in [0.5, 0.6) is 0 Å². The van der Waals surface area contributed by atoms with Gasteiger partial charge < -0.3 is 9.80 Å². The molecule has 0 saturated carbocycles. The highest BCUT2D eigenvalue weighted by Gasteiger charge is 2.46. The van der Waals surface area contributed by atoms with Crippen molar-refractivity contribution in [3.63, 3.8) is 0 Å². The summed E-state index contributed by atoms with van der Waals surface area (Å²) in [4.78, 5) is 5.44. The van der Waals surface area contributed by atoms with Crippen molar-refractivity contribution in [3.05, 3.63) is 370 Å². The molecule has 2 aliphatic rings. The van der Waals surface area contributed by atoms with Crippen LogP contribution in [-0.2, 0) is 5.41 Å². The van der Waals surface area contributed by atoms with Crippen molar-refractivity contribution in [2.45, 2.75) is 26.2 Å². The van der Waals surface area contributed by atoms with Crippen LogP contribution in [0.25, 0.3) is 153 Å². The number of benzene rings is 19.